The van der Waals surface area contributed by atoms with Gasteiger partial charge in [0.05, 0.1) is 42.6 Å². The summed E-state index contributed by atoms with van der Waals surface area (Å²) < 4.78 is 36.2. The average molecular weight is 894 g/mol. The molecule has 0 radical (unpaired) electrons. The normalized spacial score (nSPS) is 31.6. The third kappa shape index (κ3) is 8.67. The summed E-state index contributed by atoms with van der Waals surface area (Å²) in [5, 5.41) is 49.8. The zero-order valence-electron chi connectivity index (χ0n) is 37.3. The minimum Gasteiger partial charge on any atom is -0.481 e. The molecule has 0 spiro atoms. The fourth-order valence-electron chi connectivity index (χ4n) is 10.1. The van der Waals surface area contributed by atoms with E-state index in [0.717, 1.165) is 0 Å². The summed E-state index contributed by atoms with van der Waals surface area (Å²) in [4.78, 5) is 82.2. The van der Waals surface area contributed by atoms with Crippen molar-refractivity contribution < 1.29 is 77.6 Å². The summed E-state index contributed by atoms with van der Waals surface area (Å²) in [5.74, 6) is -6.81. The van der Waals surface area contributed by atoms with E-state index in [0.29, 0.717) is 0 Å². The highest BCUT2D eigenvalue weighted by Crippen LogP contribution is 2.64. The van der Waals surface area contributed by atoms with Crippen molar-refractivity contribution in [2.24, 2.45) is 16.7 Å². The molecule has 1 saturated heterocycles. The Morgan fingerprint density at radius 1 is 0.938 bits per heavy atom. The van der Waals surface area contributed by atoms with Crippen molar-refractivity contribution in [1.82, 2.24) is 5.32 Å². The van der Waals surface area contributed by atoms with Crippen LogP contribution in [0.2, 0.25) is 0 Å². The second-order valence-electron chi connectivity index (χ2n) is 18.8. The molecule has 2 unspecified atom stereocenters. The molecule has 4 aliphatic rings. The van der Waals surface area contributed by atoms with Crippen molar-refractivity contribution in [2.75, 3.05) is 13.2 Å². The number of amides is 1. The van der Waals surface area contributed by atoms with Crippen molar-refractivity contribution in [3.63, 3.8) is 0 Å². The Morgan fingerprint density at radius 2 is 1.56 bits per heavy atom. The number of aliphatic hydroxyl groups is 3. The van der Waals surface area contributed by atoms with Gasteiger partial charge in [-0.15, -0.1) is 0 Å². The number of carbonyl (C=O) groups excluding carboxylic acids is 5. The predicted octanol–water partition coefficient (Wildman–Crippen LogP) is 4.15. The topological polar surface area (TPSA) is 251 Å². The van der Waals surface area contributed by atoms with Gasteiger partial charge in [-0.25, -0.2) is 14.4 Å². The number of ether oxygens (including phenoxy) is 6. The van der Waals surface area contributed by atoms with E-state index < -0.39 is 131 Å². The average Bonchev–Trinajstić information content (AvgIpc) is 3.22. The van der Waals surface area contributed by atoms with Gasteiger partial charge >= 0.3 is 30.0 Å². The van der Waals surface area contributed by atoms with Crippen LogP contribution in [-0.2, 0) is 47.6 Å². The summed E-state index contributed by atoms with van der Waals surface area (Å²) >= 11 is 0. The molecule has 2 aromatic carbocycles. The quantitative estimate of drug-likeness (QED) is 0.108. The number of carbonyl (C=O) groups is 6. The van der Waals surface area contributed by atoms with Gasteiger partial charge in [0.1, 0.15) is 41.2 Å². The highest BCUT2D eigenvalue weighted by Gasteiger charge is 2.77. The lowest BCUT2D eigenvalue weighted by atomic mass is 9.44. The smallest absolute Gasteiger partial charge is 0.408 e. The van der Waals surface area contributed by atoms with Crippen LogP contribution in [0.15, 0.2) is 71.8 Å². The fourth-order valence-corrected chi connectivity index (χ4v) is 10.1. The van der Waals surface area contributed by atoms with Crippen molar-refractivity contribution in [3.8, 4) is 0 Å². The summed E-state index contributed by atoms with van der Waals surface area (Å²) in [7, 11) is 0. The van der Waals surface area contributed by atoms with Crippen molar-refractivity contribution in [3.05, 3.63) is 82.9 Å². The number of hydrogen-bond donors (Lipinski definition) is 5. The van der Waals surface area contributed by atoms with Crippen LogP contribution >= 0.6 is 0 Å². The Bertz CT molecular complexity index is 2150. The molecule has 348 valence electrons. The number of carboxylic acids is 1. The molecule has 17 heteroatoms. The van der Waals surface area contributed by atoms with Crippen LogP contribution in [0.1, 0.15) is 103 Å². The molecule has 2 saturated carbocycles. The lowest BCUT2D eigenvalue weighted by Crippen LogP contribution is -2.81. The lowest BCUT2D eigenvalue weighted by molar-refractivity contribution is -0.356. The van der Waals surface area contributed by atoms with E-state index in [1.807, 2.05) is 0 Å². The maximum Gasteiger partial charge on any atom is 0.408 e. The third-order valence-electron chi connectivity index (χ3n) is 13.4. The lowest BCUT2D eigenvalue weighted by Gasteiger charge is -2.68. The second kappa shape index (κ2) is 18.0. The second-order valence-corrected chi connectivity index (χ2v) is 18.8. The van der Waals surface area contributed by atoms with E-state index in [9.17, 15) is 44.4 Å². The number of hydrogen-bond acceptors (Lipinski definition) is 15. The van der Waals surface area contributed by atoms with Gasteiger partial charge in [-0.2, -0.15) is 0 Å². The molecular weight excluding hydrogens is 835 g/mol. The minimum atomic E-state index is -2.34. The number of rotatable bonds is 13. The number of alkyl carbamates (subject to hydrolysis) is 1. The largest absolute Gasteiger partial charge is 0.481 e. The molecule has 6 rings (SSSR count). The van der Waals surface area contributed by atoms with Gasteiger partial charge < -0.3 is 54.2 Å². The van der Waals surface area contributed by atoms with Gasteiger partial charge in [0.2, 0.25) is 6.10 Å². The van der Waals surface area contributed by atoms with Crippen molar-refractivity contribution in [1.29, 1.82) is 0 Å². The van der Waals surface area contributed by atoms with Crippen molar-refractivity contribution >= 4 is 35.8 Å². The van der Waals surface area contributed by atoms with Gasteiger partial charge in [0.15, 0.2) is 5.78 Å². The molecular formula is C47H59NO16. The molecule has 0 aromatic heterocycles. The zero-order chi connectivity index (χ0) is 47.2. The molecule has 1 aliphatic heterocycles. The number of esters is 3. The maximum atomic E-state index is 15.1. The van der Waals surface area contributed by atoms with E-state index in [1.165, 1.54) is 26.0 Å². The third-order valence-corrected chi connectivity index (χ3v) is 13.4. The van der Waals surface area contributed by atoms with Crippen LogP contribution in [0, 0.1) is 16.7 Å². The molecule has 5 N–H and O–H groups in total. The number of benzene rings is 2. The van der Waals surface area contributed by atoms with Gasteiger partial charge in [-0.1, -0.05) is 62.4 Å². The van der Waals surface area contributed by atoms with Crippen molar-refractivity contribution in [2.45, 2.75) is 141 Å². The minimum absolute atomic E-state index is 0.0720. The first-order valence-corrected chi connectivity index (χ1v) is 21.4. The summed E-state index contributed by atoms with van der Waals surface area (Å²) in [5.41, 5.74) is -7.90. The van der Waals surface area contributed by atoms with Crippen LogP contribution in [-0.4, -0.2) is 123 Å². The molecule has 17 nitrogen and oxygen atoms in total. The molecule has 11 atom stereocenters. The summed E-state index contributed by atoms with van der Waals surface area (Å²) in [6, 6.07) is 14.4. The van der Waals surface area contributed by atoms with E-state index in [-0.39, 0.29) is 41.9 Å². The zero-order valence-corrected chi connectivity index (χ0v) is 37.3. The van der Waals surface area contributed by atoms with E-state index in [4.69, 9.17) is 28.4 Å². The van der Waals surface area contributed by atoms with Crippen LogP contribution < -0.4 is 5.32 Å². The van der Waals surface area contributed by atoms with Crippen LogP contribution in [0.3, 0.4) is 0 Å². The number of aliphatic hydroxyl groups excluding tert-OH is 2. The molecule has 3 fully saturated rings. The highest BCUT2D eigenvalue weighted by atomic mass is 16.6. The van der Waals surface area contributed by atoms with E-state index in [1.54, 1.807) is 90.1 Å². The highest BCUT2D eigenvalue weighted by molar-refractivity contribution is 5.94. The molecule has 2 bridgehead atoms. The monoisotopic (exact) mass is 893 g/mol. The Kier molecular flexibility index (Phi) is 13.6. The summed E-state index contributed by atoms with van der Waals surface area (Å²) in [6.45, 7) is 12.6. The first-order chi connectivity index (χ1) is 29.9. The Labute approximate surface area is 371 Å². The van der Waals surface area contributed by atoms with Gasteiger partial charge in [-0.3, -0.25) is 14.4 Å². The standard InChI is InChI=1S/C47H59NO16/c1-9-60-46-24-59-30(46)22-29(49)45(8)37(46)39(63-40(55)27-18-14-11-15-19-27)47(58)23-28(25(2)33(44(47,6)7)35(53)38(45)54)61-41(56)36(62-32(52)21-20-31(50)51)34(26-16-12-10-13-17-26)48-42(57)64-43(3,4)5/h10-19,28-30,34-37,39,49,53,58H,9,20-24H2,1-8H3,(H,48,57)(H,50,51)/t28-,29-,30+,34-,35+,36+,37?,39?,45+,46-,47+/m0/s1. The molecule has 1 amide bonds. The Morgan fingerprint density at radius 3 is 2.12 bits per heavy atom. The first kappa shape index (κ1) is 48.3. The molecule has 3 aliphatic carbocycles. The number of nitrogens with one attached hydrogen (secondary N) is 1. The number of aliphatic carboxylic acids is 1. The SMILES string of the molecule is CCO[C@@]12CO[C@@H]1C[C@H](O)[C@@]1(C)C(=O)[C@H](O)C3=C(C)[C@@H](OC(=O)[C@H](OC(=O)CCC(=O)O)[C@@H](NC(=O)OC(C)(C)C)c4ccccc4)C[C@@](O)(C(OC(=O)c4ccccc4)C12)C3(C)C. The van der Waals surface area contributed by atoms with Gasteiger partial charge in [0.25, 0.3) is 0 Å². The number of ketones is 1. The molecule has 64 heavy (non-hydrogen) atoms. The van der Waals surface area contributed by atoms with Crippen LogP contribution in [0.25, 0.3) is 0 Å². The fraction of sp³-hybridized carbons (Fsp3) is 0.574. The number of fused-ring (bicyclic) bond motifs is 5. The first-order valence-electron chi connectivity index (χ1n) is 21.4. The number of carboxylic acid groups (broad SMARTS) is 1. The maximum absolute atomic E-state index is 15.1. The van der Waals surface area contributed by atoms with Gasteiger partial charge in [0, 0.05) is 30.8 Å². The van der Waals surface area contributed by atoms with Gasteiger partial charge in [-0.05, 0) is 70.4 Å². The Hall–Kier alpha value is -5.20. The molecule has 1 heterocycles. The van der Waals surface area contributed by atoms with Crippen LogP contribution in [0.5, 0.6) is 0 Å². The van der Waals surface area contributed by atoms with E-state index >= 15 is 4.79 Å². The Balaban J connectivity index is 1.51. The number of Topliss-reactive ketones (excluding diaryl/α,β-unsaturated/α-hetero) is 1. The molecule has 2 aromatic rings. The summed E-state index contributed by atoms with van der Waals surface area (Å²) in [6.07, 6.45) is -12.5. The van der Waals surface area contributed by atoms with E-state index in [2.05, 4.69) is 5.32 Å². The van der Waals surface area contributed by atoms with Crippen LogP contribution in [0.4, 0.5) is 4.79 Å². The predicted molar refractivity (Wildman–Crippen MR) is 224 cm³/mol.